The number of aryl methyl sites for hydroxylation is 1. The second kappa shape index (κ2) is 6.47. The summed E-state index contributed by atoms with van der Waals surface area (Å²) in [5.41, 5.74) is 1.99. The minimum atomic E-state index is -1.03. The molecule has 2 rings (SSSR count). The van der Waals surface area contributed by atoms with Gasteiger partial charge in [0.1, 0.15) is 5.71 Å². The van der Waals surface area contributed by atoms with Crippen molar-refractivity contribution in [1.82, 2.24) is 4.98 Å². The van der Waals surface area contributed by atoms with E-state index in [0.29, 0.717) is 24.2 Å². The fourth-order valence-corrected chi connectivity index (χ4v) is 1.86. The molecule has 1 heterocycles. The van der Waals surface area contributed by atoms with Crippen LogP contribution in [0.1, 0.15) is 28.0 Å². The standard InChI is InChI=1S/C15H14N2O3/c18-15(19)12-8-9-16-14(10-12)13(17-20)7-6-11-4-2-1-3-5-11/h1-5,8-10,20H,6-7H2,(H,18,19)/b17-13+. The number of aromatic carboxylic acids is 1. The molecule has 0 aliphatic rings. The topological polar surface area (TPSA) is 82.8 Å². The molecule has 2 aromatic rings. The van der Waals surface area contributed by atoms with Gasteiger partial charge >= 0.3 is 5.97 Å². The van der Waals surface area contributed by atoms with Crippen molar-refractivity contribution in [2.75, 3.05) is 0 Å². The second-order valence-electron chi connectivity index (χ2n) is 4.27. The van der Waals surface area contributed by atoms with Crippen molar-refractivity contribution in [2.24, 2.45) is 5.16 Å². The smallest absolute Gasteiger partial charge is 0.335 e. The zero-order valence-electron chi connectivity index (χ0n) is 10.7. The van der Waals surface area contributed by atoms with Gasteiger partial charge in [-0.15, -0.1) is 0 Å². The van der Waals surface area contributed by atoms with Crippen molar-refractivity contribution < 1.29 is 15.1 Å². The molecule has 0 unspecified atom stereocenters. The van der Waals surface area contributed by atoms with Crippen molar-refractivity contribution in [1.29, 1.82) is 0 Å². The Kier molecular flexibility index (Phi) is 4.44. The molecule has 0 atom stereocenters. The van der Waals surface area contributed by atoms with Crippen LogP contribution in [0, 0.1) is 0 Å². The average molecular weight is 270 g/mol. The molecular formula is C15H14N2O3. The Bertz CT molecular complexity index is 624. The van der Waals surface area contributed by atoms with Crippen LogP contribution in [-0.4, -0.2) is 27.0 Å². The Hall–Kier alpha value is -2.69. The SMILES string of the molecule is O=C(O)c1ccnc(/C(CCc2ccccc2)=N/O)c1. The van der Waals surface area contributed by atoms with E-state index >= 15 is 0 Å². The first kappa shape index (κ1) is 13.7. The number of rotatable bonds is 5. The van der Waals surface area contributed by atoms with Crippen molar-refractivity contribution in [3.05, 3.63) is 65.5 Å². The third kappa shape index (κ3) is 3.41. The number of pyridine rings is 1. The fraction of sp³-hybridized carbons (Fsp3) is 0.133. The molecule has 0 fully saturated rings. The van der Waals surface area contributed by atoms with Gasteiger partial charge in [0.2, 0.25) is 0 Å². The monoisotopic (exact) mass is 270 g/mol. The predicted octanol–water partition coefficient (Wildman–Crippen LogP) is 2.59. The summed E-state index contributed by atoms with van der Waals surface area (Å²) in [4.78, 5) is 15.0. The van der Waals surface area contributed by atoms with Crippen LogP contribution in [0.3, 0.4) is 0 Å². The first-order chi connectivity index (χ1) is 9.70. The summed E-state index contributed by atoms with van der Waals surface area (Å²) in [5.74, 6) is -1.03. The molecule has 5 nitrogen and oxygen atoms in total. The number of hydrogen-bond acceptors (Lipinski definition) is 4. The second-order valence-corrected chi connectivity index (χ2v) is 4.27. The van der Waals surface area contributed by atoms with E-state index in [-0.39, 0.29) is 5.56 Å². The lowest BCUT2D eigenvalue weighted by atomic mass is 10.0. The highest BCUT2D eigenvalue weighted by atomic mass is 16.4. The molecule has 0 amide bonds. The normalized spacial score (nSPS) is 11.3. The third-order valence-corrected chi connectivity index (χ3v) is 2.92. The van der Waals surface area contributed by atoms with Gasteiger partial charge in [-0.3, -0.25) is 4.98 Å². The van der Waals surface area contributed by atoms with Crippen LogP contribution < -0.4 is 0 Å². The van der Waals surface area contributed by atoms with E-state index in [1.807, 2.05) is 30.3 Å². The summed E-state index contributed by atoms with van der Waals surface area (Å²) in [7, 11) is 0. The van der Waals surface area contributed by atoms with Crippen molar-refractivity contribution in [3.8, 4) is 0 Å². The van der Waals surface area contributed by atoms with E-state index in [2.05, 4.69) is 10.1 Å². The zero-order valence-corrected chi connectivity index (χ0v) is 10.7. The van der Waals surface area contributed by atoms with Crippen LogP contribution in [-0.2, 0) is 6.42 Å². The Morgan fingerprint density at radius 3 is 2.60 bits per heavy atom. The van der Waals surface area contributed by atoms with Crippen LogP contribution in [0.2, 0.25) is 0 Å². The van der Waals surface area contributed by atoms with Gasteiger partial charge in [-0.05, 0) is 30.5 Å². The first-order valence-electron chi connectivity index (χ1n) is 6.15. The number of hydrogen-bond donors (Lipinski definition) is 2. The largest absolute Gasteiger partial charge is 0.478 e. The summed E-state index contributed by atoms with van der Waals surface area (Å²) >= 11 is 0. The van der Waals surface area contributed by atoms with Gasteiger partial charge in [0.05, 0.1) is 11.3 Å². The predicted molar refractivity (Wildman–Crippen MR) is 74.3 cm³/mol. The summed E-state index contributed by atoms with van der Waals surface area (Å²) in [5, 5.41) is 21.3. The zero-order chi connectivity index (χ0) is 14.4. The van der Waals surface area contributed by atoms with Gasteiger partial charge in [0, 0.05) is 6.20 Å². The molecule has 0 saturated carbocycles. The molecule has 0 radical (unpaired) electrons. The number of oxime groups is 1. The highest BCUT2D eigenvalue weighted by molar-refractivity contribution is 6.00. The van der Waals surface area contributed by atoms with Crippen molar-refractivity contribution >= 4 is 11.7 Å². The van der Waals surface area contributed by atoms with Gasteiger partial charge in [-0.2, -0.15) is 0 Å². The molecule has 0 aliphatic heterocycles. The molecular weight excluding hydrogens is 256 g/mol. The molecule has 0 bridgehead atoms. The number of carboxylic acid groups (broad SMARTS) is 1. The molecule has 2 N–H and O–H groups in total. The van der Waals surface area contributed by atoms with Crippen molar-refractivity contribution in [3.63, 3.8) is 0 Å². The quantitative estimate of drug-likeness (QED) is 0.497. The van der Waals surface area contributed by atoms with Gasteiger partial charge < -0.3 is 10.3 Å². The first-order valence-corrected chi connectivity index (χ1v) is 6.15. The van der Waals surface area contributed by atoms with Crippen LogP contribution in [0.25, 0.3) is 0 Å². The van der Waals surface area contributed by atoms with Gasteiger partial charge in [-0.1, -0.05) is 35.5 Å². The lowest BCUT2D eigenvalue weighted by molar-refractivity contribution is 0.0696. The average Bonchev–Trinajstić information content (AvgIpc) is 2.49. The summed E-state index contributed by atoms with van der Waals surface area (Å²) in [6.45, 7) is 0. The number of carbonyl (C=O) groups is 1. The lowest BCUT2D eigenvalue weighted by Gasteiger charge is -2.05. The number of nitrogens with zero attached hydrogens (tertiary/aromatic N) is 2. The number of benzene rings is 1. The fourth-order valence-electron chi connectivity index (χ4n) is 1.86. The maximum atomic E-state index is 10.9. The highest BCUT2D eigenvalue weighted by Gasteiger charge is 2.10. The molecule has 0 aliphatic carbocycles. The van der Waals surface area contributed by atoms with Crippen LogP contribution in [0.15, 0.2) is 53.8 Å². The lowest BCUT2D eigenvalue weighted by Crippen LogP contribution is -2.08. The van der Waals surface area contributed by atoms with Crippen LogP contribution in [0.5, 0.6) is 0 Å². The minimum Gasteiger partial charge on any atom is -0.478 e. The molecule has 1 aromatic heterocycles. The Morgan fingerprint density at radius 2 is 1.95 bits per heavy atom. The Morgan fingerprint density at radius 1 is 1.20 bits per heavy atom. The minimum absolute atomic E-state index is 0.121. The highest BCUT2D eigenvalue weighted by Crippen LogP contribution is 2.09. The van der Waals surface area contributed by atoms with Gasteiger partial charge in [0.15, 0.2) is 0 Å². The summed E-state index contributed by atoms with van der Waals surface area (Å²) < 4.78 is 0. The number of carboxylic acids is 1. The molecule has 0 spiro atoms. The Labute approximate surface area is 116 Å². The Balaban J connectivity index is 2.13. The van der Waals surface area contributed by atoms with Gasteiger partial charge in [0.25, 0.3) is 0 Å². The van der Waals surface area contributed by atoms with Crippen molar-refractivity contribution in [2.45, 2.75) is 12.8 Å². The third-order valence-electron chi connectivity index (χ3n) is 2.92. The van der Waals surface area contributed by atoms with E-state index in [1.54, 1.807) is 0 Å². The molecule has 5 heteroatoms. The summed E-state index contributed by atoms with van der Waals surface area (Å²) in [6, 6.07) is 12.6. The molecule has 1 aromatic carbocycles. The maximum Gasteiger partial charge on any atom is 0.335 e. The molecule has 20 heavy (non-hydrogen) atoms. The number of aromatic nitrogens is 1. The summed E-state index contributed by atoms with van der Waals surface area (Å²) in [6.07, 6.45) is 2.57. The van der Waals surface area contributed by atoms with E-state index in [4.69, 9.17) is 10.3 Å². The van der Waals surface area contributed by atoms with Gasteiger partial charge in [-0.25, -0.2) is 4.79 Å². The van der Waals surface area contributed by atoms with Crippen LogP contribution in [0.4, 0.5) is 0 Å². The van der Waals surface area contributed by atoms with E-state index in [9.17, 15) is 4.79 Å². The molecule has 102 valence electrons. The van der Waals surface area contributed by atoms with E-state index < -0.39 is 5.97 Å². The maximum absolute atomic E-state index is 10.9. The van der Waals surface area contributed by atoms with E-state index in [0.717, 1.165) is 5.56 Å². The van der Waals surface area contributed by atoms with E-state index in [1.165, 1.54) is 18.3 Å². The molecule has 0 saturated heterocycles. The van der Waals surface area contributed by atoms with Crippen LogP contribution >= 0.6 is 0 Å².